The lowest BCUT2D eigenvalue weighted by molar-refractivity contribution is 0.830. The van der Waals surface area contributed by atoms with Gasteiger partial charge in [-0.25, -0.2) is 4.98 Å². The van der Waals surface area contributed by atoms with E-state index in [0.29, 0.717) is 0 Å². The molecule has 0 aliphatic carbocycles. The van der Waals surface area contributed by atoms with E-state index >= 15 is 0 Å². The molecule has 2 heterocycles. The van der Waals surface area contributed by atoms with Crippen molar-refractivity contribution in [2.75, 3.05) is 11.9 Å². The van der Waals surface area contributed by atoms with Gasteiger partial charge in [0.1, 0.15) is 5.82 Å². The average molecular weight is 227 g/mol. The molecular formula is C14H17N3. The fourth-order valence-electron chi connectivity index (χ4n) is 2.38. The molecule has 17 heavy (non-hydrogen) atoms. The maximum Gasteiger partial charge on any atom is 0.139 e. The van der Waals surface area contributed by atoms with Crippen LogP contribution < -0.4 is 5.32 Å². The molecule has 0 radical (unpaired) electrons. The molecule has 2 aromatic rings. The largest absolute Gasteiger partial charge is 0.384 e. The second-order valence-corrected chi connectivity index (χ2v) is 4.67. The molecule has 0 bridgehead atoms. The van der Waals surface area contributed by atoms with E-state index in [9.17, 15) is 0 Å². The zero-order valence-corrected chi connectivity index (χ0v) is 10.3. The van der Waals surface area contributed by atoms with Crippen LogP contribution in [0.15, 0.2) is 18.2 Å². The molecule has 0 fully saturated rings. The van der Waals surface area contributed by atoms with Crippen LogP contribution in [0.5, 0.6) is 0 Å². The molecule has 1 aliphatic rings. The molecule has 3 heteroatoms. The van der Waals surface area contributed by atoms with Gasteiger partial charge >= 0.3 is 0 Å². The van der Waals surface area contributed by atoms with Crippen molar-refractivity contribution in [3.05, 3.63) is 35.2 Å². The molecule has 0 spiro atoms. The minimum Gasteiger partial charge on any atom is -0.384 e. The highest BCUT2D eigenvalue weighted by atomic mass is 15.0. The second kappa shape index (κ2) is 3.91. The monoisotopic (exact) mass is 227 g/mol. The average Bonchev–Trinajstić information content (AvgIpc) is 2.69. The Bertz CT molecular complexity index is 535. The van der Waals surface area contributed by atoms with Gasteiger partial charge in [-0.15, -0.1) is 0 Å². The van der Waals surface area contributed by atoms with E-state index in [-0.39, 0.29) is 0 Å². The summed E-state index contributed by atoms with van der Waals surface area (Å²) in [5.74, 6) is 0.978. The number of hydrogen-bond donors (Lipinski definition) is 2. The number of aryl methyl sites for hydroxylation is 3. The quantitative estimate of drug-likeness (QED) is 0.786. The van der Waals surface area contributed by atoms with E-state index in [1.807, 2.05) is 6.92 Å². The number of hydrogen-bond acceptors (Lipinski definition) is 2. The van der Waals surface area contributed by atoms with Gasteiger partial charge in [0.15, 0.2) is 0 Å². The van der Waals surface area contributed by atoms with Crippen molar-refractivity contribution in [3.8, 4) is 11.4 Å². The number of nitrogens with one attached hydrogen (secondary N) is 2. The highest BCUT2D eigenvalue weighted by Gasteiger charge is 2.15. The normalized spacial score (nSPS) is 14.2. The van der Waals surface area contributed by atoms with Crippen LogP contribution in [0.3, 0.4) is 0 Å². The summed E-state index contributed by atoms with van der Waals surface area (Å²) >= 11 is 0. The lowest BCUT2D eigenvalue weighted by Crippen LogP contribution is -2.12. The van der Waals surface area contributed by atoms with E-state index < -0.39 is 0 Å². The summed E-state index contributed by atoms with van der Waals surface area (Å²) in [4.78, 5) is 7.95. The van der Waals surface area contributed by atoms with Gasteiger partial charge in [-0.05, 0) is 38.3 Å². The zero-order valence-electron chi connectivity index (χ0n) is 10.3. The molecular weight excluding hydrogens is 210 g/mol. The van der Waals surface area contributed by atoms with Crippen LogP contribution in [0, 0.1) is 13.8 Å². The number of benzene rings is 1. The fraction of sp³-hybridized carbons (Fsp3) is 0.357. The van der Waals surface area contributed by atoms with Crippen molar-refractivity contribution in [1.29, 1.82) is 0 Å². The third-order valence-corrected chi connectivity index (χ3v) is 3.46. The Morgan fingerprint density at radius 2 is 2.12 bits per heavy atom. The smallest absolute Gasteiger partial charge is 0.139 e. The van der Waals surface area contributed by atoms with Crippen LogP contribution in [0.25, 0.3) is 11.4 Å². The number of aromatic nitrogens is 2. The first kappa shape index (κ1) is 10.4. The van der Waals surface area contributed by atoms with Crippen LogP contribution in [-0.2, 0) is 6.42 Å². The molecule has 0 saturated carbocycles. The Kier molecular flexibility index (Phi) is 2.39. The lowest BCUT2D eigenvalue weighted by Gasteiger charge is -2.20. The fourth-order valence-corrected chi connectivity index (χ4v) is 2.38. The molecule has 0 unspecified atom stereocenters. The van der Waals surface area contributed by atoms with Gasteiger partial charge in [-0.1, -0.05) is 12.1 Å². The van der Waals surface area contributed by atoms with Crippen LogP contribution in [-0.4, -0.2) is 16.5 Å². The van der Waals surface area contributed by atoms with E-state index in [1.165, 1.54) is 23.2 Å². The first-order chi connectivity index (χ1) is 8.25. The van der Waals surface area contributed by atoms with Gasteiger partial charge in [0.2, 0.25) is 0 Å². The topological polar surface area (TPSA) is 40.7 Å². The predicted molar refractivity (Wildman–Crippen MR) is 70.3 cm³/mol. The summed E-state index contributed by atoms with van der Waals surface area (Å²) in [5, 5.41) is 3.50. The Morgan fingerprint density at radius 3 is 2.88 bits per heavy atom. The number of imidazole rings is 1. The van der Waals surface area contributed by atoms with Crippen LogP contribution in [0.1, 0.15) is 23.4 Å². The van der Waals surface area contributed by atoms with Crippen LogP contribution >= 0.6 is 0 Å². The summed E-state index contributed by atoms with van der Waals surface area (Å²) in [6.45, 7) is 5.16. The van der Waals surface area contributed by atoms with E-state index in [0.717, 1.165) is 30.2 Å². The first-order valence-corrected chi connectivity index (χ1v) is 6.15. The Labute approximate surface area is 101 Å². The molecule has 0 atom stereocenters. The van der Waals surface area contributed by atoms with Crippen LogP contribution in [0.2, 0.25) is 0 Å². The minimum atomic E-state index is 0.978. The molecule has 1 aromatic carbocycles. The summed E-state index contributed by atoms with van der Waals surface area (Å²) in [7, 11) is 0. The second-order valence-electron chi connectivity index (χ2n) is 4.67. The van der Waals surface area contributed by atoms with Crippen molar-refractivity contribution < 1.29 is 0 Å². The highest BCUT2D eigenvalue weighted by molar-refractivity contribution is 5.77. The van der Waals surface area contributed by atoms with Crippen molar-refractivity contribution in [1.82, 2.24) is 9.97 Å². The van der Waals surface area contributed by atoms with E-state index in [2.05, 4.69) is 40.4 Å². The molecule has 88 valence electrons. The molecule has 0 amide bonds. The lowest BCUT2D eigenvalue weighted by atomic mass is 9.99. The van der Waals surface area contributed by atoms with Crippen molar-refractivity contribution in [2.45, 2.75) is 26.7 Å². The predicted octanol–water partition coefficient (Wildman–Crippen LogP) is 3.05. The number of H-pyrrole nitrogens is 1. The van der Waals surface area contributed by atoms with E-state index in [4.69, 9.17) is 0 Å². The molecule has 3 rings (SSSR count). The number of para-hydroxylation sites is 1. The summed E-state index contributed by atoms with van der Waals surface area (Å²) in [6.07, 6.45) is 2.38. The summed E-state index contributed by atoms with van der Waals surface area (Å²) in [5.41, 5.74) is 6.08. The molecule has 2 N–H and O–H groups in total. The molecule has 0 saturated heterocycles. The molecule has 1 aliphatic heterocycles. The minimum absolute atomic E-state index is 0.978. The van der Waals surface area contributed by atoms with Gasteiger partial charge in [-0.3, -0.25) is 0 Å². The van der Waals surface area contributed by atoms with Gasteiger partial charge < -0.3 is 10.3 Å². The third kappa shape index (κ3) is 1.71. The van der Waals surface area contributed by atoms with E-state index in [1.54, 1.807) is 0 Å². The van der Waals surface area contributed by atoms with Gasteiger partial charge in [0.05, 0.1) is 5.69 Å². The van der Waals surface area contributed by atoms with Gasteiger partial charge in [0, 0.05) is 23.5 Å². The van der Waals surface area contributed by atoms with Crippen molar-refractivity contribution in [2.24, 2.45) is 0 Å². The standard InChI is InChI=1S/C14H17N3/c1-9-10(2)17-14(16-9)12-7-3-5-11-6-4-8-15-13(11)12/h3,5,7,15H,4,6,8H2,1-2H3,(H,16,17). The van der Waals surface area contributed by atoms with Crippen LogP contribution in [0.4, 0.5) is 5.69 Å². The van der Waals surface area contributed by atoms with Crippen molar-refractivity contribution >= 4 is 5.69 Å². The number of rotatable bonds is 1. The zero-order chi connectivity index (χ0) is 11.8. The third-order valence-electron chi connectivity index (χ3n) is 3.46. The van der Waals surface area contributed by atoms with Gasteiger partial charge in [-0.2, -0.15) is 0 Å². The SMILES string of the molecule is Cc1nc(-c2cccc3c2NCCC3)[nH]c1C. The summed E-state index contributed by atoms with van der Waals surface area (Å²) in [6, 6.07) is 6.46. The Hall–Kier alpha value is -1.77. The van der Waals surface area contributed by atoms with Gasteiger partial charge in [0.25, 0.3) is 0 Å². The Balaban J connectivity index is 2.14. The number of anilines is 1. The first-order valence-electron chi connectivity index (χ1n) is 6.15. The number of fused-ring (bicyclic) bond motifs is 1. The number of aromatic amines is 1. The summed E-state index contributed by atoms with van der Waals surface area (Å²) < 4.78 is 0. The molecule has 3 nitrogen and oxygen atoms in total. The van der Waals surface area contributed by atoms with Crippen molar-refractivity contribution in [3.63, 3.8) is 0 Å². The highest BCUT2D eigenvalue weighted by Crippen LogP contribution is 2.32. The number of nitrogens with zero attached hydrogens (tertiary/aromatic N) is 1. The maximum atomic E-state index is 4.59. The Morgan fingerprint density at radius 1 is 1.24 bits per heavy atom. The molecule has 1 aromatic heterocycles. The maximum absolute atomic E-state index is 4.59.